The molecular formula is C14H11Br4NO3S. The van der Waals surface area contributed by atoms with Gasteiger partial charge in [0.1, 0.15) is 4.32 Å². The summed E-state index contributed by atoms with van der Waals surface area (Å²) in [4.78, 5) is 11.8. The van der Waals surface area contributed by atoms with Gasteiger partial charge in [-0.2, -0.15) is 12.8 Å². The Labute approximate surface area is 168 Å². The predicted octanol–water partition coefficient (Wildman–Crippen LogP) is 4.63. The lowest BCUT2D eigenvalue weighted by molar-refractivity contribution is -0.116. The Hall–Kier alpha value is 0.170. The standard InChI is InChI=1S/C14H11Br4NO3S/c1-7-3-5-8(6-4-7)23(21,22)19-11-9(15)10(16)13(20)14(2,18)12(11)17/h3-6,12H,1-2H3/t12-,14+/m1/s1. The normalized spacial score (nSPS) is 27.7. The summed E-state index contributed by atoms with van der Waals surface area (Å²) in [6.07, 6.45) is 0. The van der Waals surface area contributed by atoms with Gasteiger partial charge in [-0.15, -0.1) is 0 Å². The zero-order valence-corrected chi connectivity index (χ0v) is 19.1. The maximum atomic E-state index is 12.5. The summed E-state index contributed by atoms with van der Waals surface area (Å²) in [5.41, 5.74) is 1.17. The zero-order chi connectivity index (χ0) is 17.6. The zero-order valence-electron chi connectivity index (χ0n) is 12.0. The van der Waals surface area contributed by atoms with Crippen molar-refractivity contribution in [1.29, 1.82) is 0 Å². The lowest BCUT2D eigenvalue weighted by Crippen LogP contribution is -2.46. The van der Waals surface area contributed by atoms with E-state index in [1.807, 2.05) is 6.92 Å². The highest BCUT2D eigenvalue weighted by Gasteiger charge is 2.47. The maximum Gasteiger partial charge on any atom is 0.282 e. The van der Waals surface area contributed by atoms with Crippen molar-refractivity contribution in [3.05, 3.63) is 38.8 Å². The fourth-order valence-corrected chi connectivity index (χ4v) is 5.82. The van der Waals surface area contributed by atoms with Gasteiger partial charge in [0, 0.05) is 0 Å². The highest BCUT2D eigenvalue weighted by Crippen LogP contribution is 2.43. The molecule has 0 bridgehead atoms. The van der Waals surface area contributed by atoms with Gasteiger partial charge in [0.2, 0.25) is 0 Å². The van der Waals surface area contributed by atoms with E-state index < -0.39 is 19.2 Å². The number of carbonyl (C=O) groups excluding carboxylic acids is 1. The van der Waals surface area contributed by atoms with Crippen LogP contribution in [-0.4, -0.2) is 29.1 Å². The second-order valence-corrected chi connectivity index (χ2v) is 10.9. The van der Waals surface area contributed by atoms with Gasteiger partial charge in [-0.25, -0.2) is 0 Å². The van der Waals surface area contributed by atoms with Gasteiger partial charge in [0.05, 0.1) is 24.4 Å². The van der Waals surface area contributed by atoms with Crippen LogP contribution in [0.5, 0.6) is 0 Å². The topological polar surface area (TPSA) is 63.6 Å². The number of ketones is 1. The Kier molecular flexibility index (Phi) is 5.78. The minimum atomic E-state index is -3.89. The van der Waals surface area contributed by atoms with Crippen molar-refractivity contribution < 1.29 is 13.2 Å². The van der Waals surface area contributed by atoms with Crippen molar-refractivity contribution in [2.24, 2.45) is 4.40 Å². The molecule has 0 N–H and O–H groups in total. The number of benzene rings is 1. The second kappa shape index (κ2) is 6.82. The van der Waals surface area contributed by atoms with Gasteiger partial charge < -0.3 is 0 Å². The van der Waals surface area contributed by atoms with Crippen LogP contribution in [0.4, 0.5) is 0 Å². The summed E-state index contributed by atoms with van der Waals surface area (Å²) >= 11 is 13.2. The molecule has 0 aliphatic heterocycles. The minimum Gasteiger partial charge on any atom is -0.292 e. The van der Waals surface area contributed by atoms with Crippen LogP contribution in [0.15, 0.2) is 42.5 Å². The van der Waals surface area contributed by atoms with Gasteiger partial charge in [0.15, 0.2) is 5.78 Å². The third kappa shape index (κ3) is 3.73. The smallest absolute Gasteiger partial charge is 0.282 e. The van der Waals surface area contributed by atoms with Crippen LogP contribution in [0.1, 0.15) is 12.5 Å². The van der Waals surface area contributed by atoms with Gasteiger partial charge >= 0.3 is 0 Å². The van der Waals surface area contributed by atoms with Crippen LogP contribution in [0.25, 0.3) is 0 Å². The second-order valence-electron chi connectivity index (χ2n) is 5.16. The number of halogens is 4. The number of nitrogens with zero attached hydrogens (tertiary/aromatic N) is 1. The average molecular weight is 593 g/mol. The Morgan fingerprint density at radius 2 is 1.65 bits per heavy atom. The molecule has 1 aromatic rings. The van der Waals surface area contributed by atoms with E-state index in [4.69, 9.17) is 0 Å². The number of rotatable bonds is 2. The minimum absolute atomic E-state index is 0.0971. The molecule has 0 fully saturated rings. The van der Waals surface area contributed by atoms with Crippen LogP contribution in [0, 0.1) is 6.92 Å². The SMILES string of the molecule is Cc1ccc(S(=O)(=O)N=C2C(Br)=C(Br)C(=O)[C@@](C)(Br)[C@@H]2Br)cc1. The summed E-state index contributed by atoms with van der Waals surface area (Å²) < 4.78 is 28.6. The molecule has 0 aromatic heterocycles. The van der Waals surface area contributed by atoms with Crippen molar-refractivity contribution in [1.82, 2.24) is 0 Å². The molecule has 2 rings (SSSR count). The van der Waals surface area contributed by atoms with Gasteiger partial charge in [0.25, 0.3) is 10.0 Å². The third-order valence-electron chi connectivity index (χ3n) is 3.31. The number of carbonyl (C=O) groups is 1. The number of alkyl halides is 2. The molecule has 0 heterocycles. The number of hydrogen-bond acceptors (Lipinski definition) is 3. The largest absolute Gasteiger partial charge is 0.292 e. The van der Waals surface area contributed by atoms with E-state index in [0.717, 1.165) is 5.56 Å². The summed E-state index contributed by atoms with van der Waals surface area (Å²) in [6, 6.07) is 6.43. The molecule has 0 radical (unpaired) electrons. The summed E-state index contributed by atoms with van der Waals surface area (Å²) in [5, 5.41) is 0. The first-order chi connectivity index (χ1) is 10.5. The van der Waals surface area contributed by atoms with Crippen LogP contribution in [-0.2, 0) is 14.8 Å². The molecule has 0 amide bonds. The molecule has 9 heteroatoms. The van der Waals surface area contributed by atoms with Crippen molar-refractivity contribution >= 4 is 85.2 Å². The highest BCUT2D eigenvalue weighted by atomic mass is 79.9. The molecule has 4 nitrogen and oxygen atoms in total. The number of aryl methyl sites for hydroxylation is 1. The predicted molar refractivity (Wildman–Crippen MR) is 106 cm³/mol. The monoisotopic (exact) mass is 589 g/mol. The quantitative estimate of drug-likeness (QED) is 0.471. The van der Waals surface area contributed by atoms with E-state index in [1.165, 1.54) is 12.1 Å². The van der Waals surface area contributed by atoms with Crippen molar-refractivity contribution in [3.63, 3.8) is 0 Å². The van der Waals surface area contributed by atoms with Crippen LogP contribution in [0.2, 0.25) is 0 Å². The number of Topliss-reactive ketones (excluding diaryl/α,β-unsaturated/α-hetero) is 1. The van der Waals surface area contributed by atoms with E-state index in [0.29, 0.717) is 4.48 Å². The fourth-order valence-electron chi connectivity index (χ4n) is 1.89. The van der Waals surface area contributed by atoms with Crippen molar-refractivity contribution in [2.45, 2.75) is 27.9 Å². The molecule has 0 unspecified atom stereocenters. The van der Waals surface area contributed by atoms with Crippen LogP contribution >= 0.6 is 63.7 Å². The Balaban J connectivity index is 2.61. The first kappa shape index (κ1) is 19.5. The maximum absolute atomic E-state index is 12.5. The van der Waals surface area contributed by atoms with Crippen molar-refractivity contribution in [3.8, 4) is 0 Å². The van der Waals surface area contributed by atoms with Crippen LogP contribution < -0.4 is 0 Å². The molecule has 1 aromatic carbocycles. The first-order valence-electron chi connectivity index (χ1n) is 6.33. The molecule has 23 heavy (non-hydrogen) atoms. The van der Waals surface area contributed by atoms with Gasteiger partial charge in [-0.3, -0.25) is 4.79 Å². The lowest BCUT2D eigenvalue weighted by Gasteiger charge is -2.32. The Morgan fingerprint density at radius 3 is 2.17 bits per heavy atom. The molecule has 124 valence electrons. The number of sulfonamides is 1. The van der Waals surface area contributed by atoms with Crippen LogP contribution in [0.3, 0.4) is 0 Å². The summed E-state index contributed by atoms with van der Waals surface area (Å²) in [5.74, 6) is -0.210. The Bertz CT molecular complexity index is 826. The number of hydrogen-bond donors (Lipinski definition) is 0. The Morgan fingerprint density at radius 1 is 1.13 bits per heavy atom. The highest BCUT2D eigenvalue weighted by molar-refractivity contribution is 9.15. The molecule has 0 spiro atoms. The van der Waals surface area contributed by atoms with E-state index in [2.05, 4.69) is 68.1 Å². The summed E-state index contributed by atoms with van der Waals surface area (Å²) in [6.45, 7) is 3.53. The third-order valence-corrected chi connectivity index (χ3v) is 9.49. The molecule has 1 aliphatic carbocycles. The fraction of sp³-hybridized carbons (Fsp3) is 0.286. The molecule has 0 saturated heterocycles. The molecule has 2 atom stereocenters. The van der Waals surface area contributed by atoms with E-state index in [1.54, 1.807) is 19.1 Å². The summed E-state index contributed by atoms with van der Waals surface area (Å²) in [7, 11) is -3.89. The van der Waals surface area contributed by atoms with E-state index >= 15 is 0 Å². The van der Waals surface area contributed by atoms with Crippen molar-refractivity contribution in [2.75, 3.05) is 0 Å². The lowest BCUT2D eigenvalue weighted by atomic mass is 9.93. The van der Waals surface area contributed by atoms with E-state index in [9.17, 15) is 13.2 Å². The number of allylic oxidation sites excluding steroid dienone is 2. The average Bonchev–Trinajstić information content (AvgIpc) is 2.49. The molecular weight excluding hydrogens is 582 g/mol. The first-order valence-corrected chi connectivity index (χ1v) is 11.1. The molecule has 0 saturated carbocycles. The van der Waals surface area contributed by atoms with E-state index in [-0.39, 0.29) is 20.9 Å². The van der Waals surface area contributed by atoms with Gasteiger partial charge in [-0.05, 0) is 57.8 Å². The molecule has 1 aliphatic rings. The van der Waals surface area contributed by atoms with Gasteiger partial charge in [-0.1, -0.05) is 49.6 Å².